The lowest BCUT2D eigenvalue weighted by molar-refractivity contribution is 0.414. The van der Waals surface area contributed by atoms with Gasteiger partial charge in [-0.25, -0.2) is 4.98 Å². The fraction of sp³-hybridized carbons (Fsp3) is 0.308. The number of imidazole rings is 1. The smallest absolute Gasteiger partial charge is 0.147 e. The average molecular weight is 249 g/mol. The van der Waals surface area contributed by atoms with E-state index in [0.717, 1.165) is 24.5 Å². The van der Waals surface area contributed by atoms with E-state index in [0.29, 0.717) is 11.1 Å². The summed E-state index contributed by atoms with van der Waals surface area (Å²) in [6.07, 6.45) is 2.86. The van der Waals surface area contributed by atoms with E-state index in [1.54, 1.807) is 7.11 Å². The minimum absolute atomic E-state index is 0.501. The zero-order valence-electron chi connectivity index (χ0n) is 9.56. The minimum atomic E-state index is 0.501. The van der Waals surface area contributed by atoms with Crippen LogP contribution in [0.2, 0.25) is 5.15 Å². The maximum Gasteiger partial charge on any atom is 0.147 e. The highest BCUT2D eigenvalue weighted by atomic mass is 35.5. The Labute approximate surface area is 105 Å². The number of methoxy groups -OCH3 is 1. The molecule has 3 nitrogen and oxygen atoms in total. The molecule has 88 valence electrons. The number of hydrogen-bond donors (Lipinski definition) is 0. The van der Waals surface area contributed by atoms with Crippen molar-refractivity contribution in [2.24, 2.45) is 0 Å². The zero-order chi connectivity index (χ0) is 11.8. The van der Waals surface area contributed by atoms with E-state index in [9.17, 15) is 0 Å². The summed E-state index contributed by atoms with van der Waals surface area (Å²) >= 11 is 5.86. The number of ether oxygens (including phenoxy) is 1. The van der Waals surface area contributed by atoms with Crippen LogP contribution in [0.1, 0.15) is 17.3 Å². The first-order chi connectivity index (χ1) is 8.26. The van der Waals surface area contributed by atoms with Gasteiger partial charge < -0.3 is 9.30 Å². The van der Waals surface area contributed by atoms with E-state index < -0.39 is 0 Å². The molecule has 0 N–H and O–H groups in total. The third-order valence-electron chi connectivity index (χ3n) is 3.26. The maximum atomic E-state index is 5.86. The van der Waals surface area contributed by atoms with Crippen LogP contribution >= 0.6 is 11.6 Å². The Bertz CT molecular complexity index is 509. The number of aromatic nitrogens is 2. The first-order valence-electron chi connectivity index (χ1n) is 5.62. The highest BCUT2D eigenvalue weighted by molar-refractivity contribution is 6.29. The van der Waals surface area contributed by atoms with Crippen molar-refractivity contribution in [2.45, 2.75) is 18.9 Å². The summed E-state index contributed by atoms with van der Waals surface area (Å²) in [5.41, 5.74) is 1.33. The van der Waals surface area contributed by atoms with E-state index >= 15 is 0 Å². The van der Waals surface area contributed by atoms with Crippen LogP contribution in [-0.4, -0.2) is 16.7 Å². The monoisotopic (exact) mass is 248 g/mol. The van der Waals surface area contributed by atoms with Crippen LogP contribution in [-0.2, 0) is 13.0 Å². The third kappa shape index (κ3) is 1.91. The van der Waals surface area contributed by atoms with Gasteiger partial charge in [0.15, 0.2) is 0 Å². The van der Waals surface area contributed by atoms with Crippen molar-refractivity contribution in [1.82, 2.24) is 9.55 Å². The van der Waals surface area contributed by atoms with Crippen molar-refractivity contribution < 1.29 is 4.74 Å². The highest BCUT2D eigenvalue weighted by Gasteiger charge is 2.24. The molecule has 1 aliphatic rings. The van der Waals surface area contributed by atoms with Crippen LogP contribution in [0.15, 0.2) is 30.5 Å². The SMILES string of the molecule is COc1ccc(C2Cc3nc(Cl)cn3C2)cc1. The topological polar surface area (TPSA) is 27.1 Å². The molecule has 0 spiro atoms. The highest BCUT2D eigenvalue weighted by Crippen LogP contribution is 2.30. The quantitative estimate of drug-likeness (QED) is 0.817. The fourth-order valence-corrected chi connectivity index (χ4v) is 2.58. The van der Waals surface area contributed by atoms with E-state index in [1.165, 1.54) is 5.56 Å². The van der Waals surface area contributed by atoms with Crippen LogP contribution in [0.4, 0.5) is 0 Å². The largest absolute Gasteiger partial charge is 0.497 e. The molecule has 0 saturated carbocycles. The molecule has 1 aliphatic heterocycles. The summed E-state index contributed by atoms with van der Waals surface area (Å²) in [6, 6.07) is 8.25. The van der Waals surface area contributed by atoms with Crippen molar-refractivity contribution in [3.05, 3.63) is 47.0 Å². The van der Waals surface area contributed by atoms with Crippen LogP contribution in [0.25, 0.3) is 0 Å². The number of hydrogen-bond acceptors (Lipinski definition) is 2. The predicted molar refractivity (Wildman–Crippen MR) is 66.7 cm³/mol. The Morgan fingerprint density at radius 3 is 2.76 bits per heavy atom. The van der Waals surface area contributed by atoms with Crippen molar-refractivity contribution >= 4 is 11.6 Å². The minimum Gasteiger partial charge on any atom is -0.497 e. The van der Waals surface area contributed by atoms with Crippen LogP contribution < -0.4 is 4.74 Å². The molecular formula is C13H13ClN2O. The van der Waals surface area contributed by atoms with Gasteiger partial charge in [0.1, 0.15) is 16.7 Å². The summed E-state index contributed by atoms with van der Waals surface area (Å²) in [4.78, 5) is 4.30. The first-order valence-corrected chi connectivity index (χ1v) is 5.99. The Balaban J connectivity index is 1.81. The summed E-state index contributed by atoms with van der Waals surface area (Å²) in [7, 11) is 1.68. The van der Waals surface area contributed by atoms with E-state index in [-0.39, 0.29) is 0 Å². The molecule has 0 fully saturated rings. The summed E-state index contributed by atoms with van der Waals surface area (Å²) < 4.78 is 7.30. The van der Waals surface area contributed by atoms with Gasteiger partial charge in [-0.2, -0.15) is 0 Å². The molecular weight excluding hydrogens is 236 g/mol. The van der Waals surface area contributed by atoms with Gasteiger partial charge in [-0.3, -0.25) is 0 Å². The molecule has 0 radical (unpaired) electrons. The fourth-order valence-electron chi connectivity index (χ4n) is 2.36. The van der Waals surface area contributed by atoms with Crippen molar-refractivity contribution in [3.63, 3.8) is 0 Å². The second-order valence-electron chi connectivity index (χ2n) is 4.31. The third-order valence-corrected chi connectivity index (χ3v) is 3.45. The number of nitrogens with zero attached hydrogens (tertiary/aromatic N) is 2. The van der Waals surface area contributed by atoms with Gasteiger partial charge in [-0.15, -0.1) is 0 Å². The Morgan fingerprint density at radius 2 is 2.12 bits per heavy atom. The Hall–Kier alpha value is -1.48. The van der Waals surface area contributed by atoms with Crippen LogP contribution in [0, 0.1) is 0 Å². The van der Waals surface area contributed by atoms with Gasteiger partial charge >= 0.3 is 0 Å². The molecule has 0 aliphatic carbocycles. The number of halogens is 1. The van der Waals surface area contributed by atoms with Crippen molar-refractivity contribution in [1.29, 1.82) is 0 Å². The first kappa shape index (κ1) is 10.7. The molecule has 1 unspecified atom stereocenters. The number of fused-ring (bicyclic) bond motifs is 1. The molecule has 1 aromatic carbocycles. The van der Waals surface area contributed by atoms with Crippen LogP contribution in [0.5, 0.6) is 5.75 Å². The molecule has 0 bridgehead atoms. The molecule has 1 atom stereocenters. The van der Waals surface area contributed by atoms with Gasteiger partial charge in [0, 0.05) is 25.1 Å². The van der Waals surface area contributed by atoms with Crippen molar-refractivity contribution in [3.8, 4) is 5.75 Å². The molecule has 3 rings (SSSR count). The Morgan fingerprint density at radius 1 is 1.35 bits per heavy atom. The van der Waals surface area contributed by atoms with Gasteiger partial charge in [0.25, 0.3) is 0 Å². The Kier molecular flexibility index (Phi) is 2.56. The standard InChI is InChI=1S/C13H13ClN2O/c1-17-11-4-2-9(3-5-11)10-6-13-15-12(14)8-16(13)7-10/h2-5,8,10H,6-7H2,1H3. The lowest BCUT2D eigenvalue weighted by atomic mass is 9.98. The molecule has 4 heteroatoms. The van der Waals surface area contributed by atoms with Crippen LogP contribution in [0.3, 0.4) is 0 Å². The molecule has 2 aromatic rings. The van der Waals surface area contributed by atoms with Gasteiger partial charge in [0.2, 0.25) is 0 Å². The molecule has 1 aromatic heterocycles. The average Bonchev–Trinajstić information content (AvgIpc) is 2.86. The predicted octanol–water partition coefficient (Wildman–Crippen LogP) is 2.89. The second kappa shape index (κ2) is 4.08. The van der Waals surface area contributed by atoms with Gasteiger partial charge in [0.05, 0.1) is 7.11 Å². The normalized spacial score (nSPS) is 18.1. The molecule has 0 amide bonds. The van der Waals surface area contributed by atoms with Gasteiger partial charge in [-0.1, -0.05) is 23.7 Å². The van der Waals surface area contributed by atoms with E-state index in [1.807, 2.05) is 18.3 Å². The number of benzene rings is 1. The summed E-state index contributed by atoms with van der Waals surface area (Å²) in [5.74, 6) is 2.48. The molecule has 2 heterocycles. The number of rotatable bonds is 2. The maximum absolute atomic E-state index is 5.86. The van der Waals surface area contributed by atoms with Gasteiger partial charge in [-0.05, 0) is 17.7 Å². The summed E-state index contributed by atoms with van der Waals surface area (Å²) in [6.45, 7) is 0.960. The lowest BCUT2D eigenvalue weighted by Crippen LogP contribution is -2.00. The van der Waals surface area contributed by atoms with Crippen molar-refractivity contribution in [2.75, 3.05) is 7.11 Å². The molecule has 0 saturated heterocycles. The molecule has 17 heavy (non-hydrogen) atoms. The van der Waals surface area contributed by atoms with E-state index in [4.69, 9.17) is 16.3 Å². The van der Waals surface area contributed by atoms with E-state index in [2.05, 4.69) is 21.7 Å². The zero-order valence-corrected chi connectivity index (χ0v) is 10.3. The lowest BCUT2D eigenvalue weighted by Gasteiger charge is -2.09. The summed E-state index contributed by atoms with van der Waals surface area (Å²) in [5, 5.41) is 0.591. The second-order valence-corrected chi connectivity index (χ2v) is 4.69.